The zero-order chi connectivity index (χ0) is 13.9. The second-order valence-corrected chi connectivity index (χ2v) is 5.62. The predicted octanol–water partition coefficient (Wildman–Crippen LogP) is 3.97. The van der Waals surface area contributed by atoms with Crippen molar-refractivity contribution < 1.29 is 4.39 Å². The molecule has 1 atom stereocenters. The molecule has 2 nitrogen and oxygen atoms in total. The molecule has 2 N–H and O–H groups in total. The Kier molecular flexibility index (Phi) is 3.56. The van der Waals surface area contributed by atoms with Crippen molar-refractivity contribution in [2.24, 2.45) is 10.7 Å². The number of nitrogens with two attached hydrogens (primary N) is 1. The van der Waals surface area contributed by atoms with E-state index in [1.165, 1.54) is 29.5 Å². The summed E-state index contributed by atoms with van der Waals surface area (Å²) >= 11 is 1.52. The molecule has 0 amide bonds. The molecule has 100 valence electrons. The second-order valence-electron chi connectivity index (χ2n) is 4.46. The quantitative estimate of drug-likeness (QED) is 0.906. The highest BCUT2D eigenvalue weighted by Gasteiger charge is 2.18. The van der Waals surface area contributed by atoms with Crippen molar-refractivity contribution >= 4 is 22.6 Å². The summed E-state index contributed by atoms with van der Waals surface area (Å²) in [6.45, 7) is 0. The van der Waals surface area contributed by atoms with Gasteiger partial charge in [0.25, 0.3) is 0 Å². The highest BCUT2D eigenvalue weighted by Crippen LogP contribution is 2.37. The molecule has 0 unspecified atom stereocenters. The second kappa shape index (κ2) is 5.51. The number of halogens is 1. The Morgan fingerprint density at radius 2 is 1.70 bits per heavy atom. The Balaban J connectivity index is 1.97. The topological polar surface area (TPSA) is 38.4 Å². The first kappa shape index (κ1) is 12.9. The molecule has 0 spiro atoms. The Morgan fingerprint density at radius 3 is 2.40 bits per heavy atom. The van der Waals surface area contributed by atoms with Crippen LogP contribution in [0.25, 0.3) is 5.70 Å². The van der Waals surface area contributed by atoms with Gasteiger partial charge >= 0.3 is 0 Å². The zero-order valence-electron chi connectivity index (χ0n) is 10.7. The molecule has 0 fully saturated rings. The Bertz CT molecular complexity index is 663. The van der Waals surface area contributed by atoms with Gasteiger partial charge in [-0.1, -0.05) is 42.1 Å². The van der Waals surface area contributed by atoms with E-state index in [0.717, 1.165) is 11.3 Å². The largest absolute Gasteiger partial charge is 0.378 e. The first-order chi connectivity index (χ1) is 9.72. The molecule has 2 aromatic rings. The van der Waals surface area contributed by atoms with Crippen molar-refractivity contribution in [3.8, 4) is 0 Å². The molecular weight excluding hydrogens is 271 g/mol. The molecule has 0 aromatic heterocycles. The lowest BCUT2D eigenvalue weighted by Crippen LogP contribution is -2.12. The summed E-state index contributed by atoms with van der Waals surface area (Å²) in [6, 6.07) is 16.4. The highest BCUT2D eigenvalue weighted by molar-refractivity contribution is 8.14. The predicted molar refractivity (Wildman–Crippen MR) is 82.8 cm³/mol. The summed E-state index contributed by atoms with van der Waals surface area (Å²) in [5.41, 5.74) is 8.75. The van der Waals surface area contributed by atoms with Crippen molar-refractivity contribution in [1.82, 2.24) is 0 Å². The van der Waals surface area contributed by atoms with Gasteiger partial charge in [0.05, 0.1) is 10.9 Å². The molecule has 1 aliphatic heterocycles. The third kappa shape index (κ3) is 2.75. The molecule has 0 aliphatic carbocycles. The summed E-state index contributed by atoms with van der Waals surface area (Å²) in [5.74, 6) is -0.254. The van der Waals surface area contributed by atoms with Gasteiger partial charge in [0.15, 0.2) is 5.17 Å². The number of nitrogens with zero attached hydrogens (tertiary/aromatic N) is 1. The van der Waals surface area contributed by atoms with Gasteiger partial charge < -0.3 is 5.73 Å². The first-order valence-corrected chi connectivity index (χ1v) is 7.14. The van der Waals surface area contributed by atoms with Gasteiger partial charge in [-0.3, -0.25) is 0 Å². The average molecular weight is 284 g/mol. The third-order valence-corrected chi connectivity index (χ3v) is 4.05. The van der Waals surface area contributed by atoms with Gasteiger partial charge in [0.2, 0.25) is 0 Å². The van der Waals surface area contributed by atoms with Gasteiger partial charge in [-0.05, 0) is 35.9 Å². The molecule has 2 aromatic carbocycles. The van der Waals surface area contributed by atoms with Crippen LogP contribution in [0.4, 0.5) is 4.39 Å². The summed E-state index contributed by atoms with van der Waals surface area (Å²) in [7, 11) is 0. The van der Waals surface area contributed by atoms with E-state index in [-0.39, 0.29) is 11.1 Å². The van der Waals surface area contributed by atoms with Crippen LogP contribution in [-0.2, 0) is 0 Å². The van der Waals surface area contributed by atoms with Gasteiger partial charge in [-0.25, -0.2) is 9.38 Å². The summed E-state index contributed by atoms with van der Waals surface area (Å²) in [6.07, 6.45) is 2.06. The lowest BCUT2D eigenvalue weighted by Gasteiger charge is -2.18. The summed E-state index contributed by atoms with van der Waals surface area (Å²) < 4.78 is 13.0. The molecule has 1 heterocycles. The molecular formula is C16H13FN2S. The first-order valence-electron chi connectivity index (χ1n) is 6.26. The van der Waals surface area contributed by atoms with Gasteiger partial charge in [-0.2, -0.15) is 0 Å². The Morgan fingerprint density at radius 1 is 1.00 bits per heavy atom. The van der Waals surface area contributed by atoms with Crippen LogP contribution in [-0.4, -0.2) is 5.17 Å². The Hall–Kier alpha value is -2.07. The van der Waals surface area contributed by atoms with Crippen molar-refractivity contribution in [1.29, 1.82) is 0 Å². The van der Waals surface area contributed by atoms with E-state index in [2.05, 4.69) is 23.2 Å². The zero-order valence-corrected chi connectivity index (χ0v) is 11.5. The van der Waals surface area contributed by atoms with Crippen LogP contribution in [0.5, 0.6) is 0 Å². The molecule has 0 radical (unpaired) electrons. The number of thioether (sulfide) groups is 1. The van der Waals surface area contributed by atoms with Crippen molar-refractivity contribution in [2.75, 3.05) is 0 Å². The monoisotopic (exact) mass is 284 g/mol. The standard InChI is InChI=1S/C16H13FN2S/c17-13-8-6-11(7-9-13)14-10-15(20-16(18)19-14)12-4-2-1-3-5-12/h1-10,15H,(H2,18,19)/t15-/m0/s1. The molecule has 20 heavy (non-hydrogen) atoms. The van der Waals surface area contributed by atoms with Crippen LogP contribution < -0.4 is 5.73 Å². The maximum atomic E-state index is 13.0. The maximum Gasteiger partial charge on any atom is 0.160 e. The third-order valence-electron chi connectivity index (χ3n) is 3.06. The fourth-order valence-electron chi connectivity index (χ4n) is 2.08. The minimum atomic E-state index is -0.254. The van der Waals surface area contributed by atoms with Crippen molar-refractivity contribution in [2.45, 2.75) is 5.25 Å². The fraction of sp³-hybridized carbons (Fsp3) is 0.0625. The highest BCUT2D eigenvalue weighted by atomic mass is 32.2. The maximum absolute atomic E-state index is 13.0. The number of rotatable bonds is 2. The number of benzene rings is 2. The van der Waals surface area contributed by atoms with Gasteiger partial charge in [0.1, 0.15) is 5.82 Å². The average Bonchev–Trinajstić information content (AvgIpc) is 2.48. The van der Waals surface area contributed by atoms with Crippen LogP contribution in [0.1, 0.15) is 16.4 Å². The number of hydrogen-bond donors (Lipinski definition) is 1. The van der Waals surface area contributed by atoms with Crippen LogP contribution in [0, 0.1) is 5.82 Å². The van der Waals surface area contributed by atoms with E-state index < -0.39 is 0 Å². The molecule has 4 heteroatoms. The smallest absolute Gasteiger partial charge is 0.160 e. The summed E-state index contributed by atoms with van der Waals surface area (Å²) in [5, 5.41) is 0.662. The van der Waals surface area contributed by atoms with Crippen molar-refractivity contribution in [3.63, 3.8) is 0 Å². The number of hydrogen-bond acceptors (Lipinski definition) is 3. The number of aliphatic imine (C=N–C) groups is 1. The Labute approximate surface area is 121 Å². The van der Waals surface area contributed by atoms with E-state index in [0.29, 0.717) is 5.17 Å². The fourth-order valence-corrected chi connectivity index (χ4v) is 2.98. The number of amidine groups is 1. The molecule has 0 bridgehead atoms. The lowest BCUT2D eigenvalue weighted by molar-refractivity contribution is 0.627. The van der Waals surface area contributed by atoms with E-state index >= 15 is 0 Å². The van der Waals surface area contributed by atoms with Crippen molar-refractivity contribution in [3.05, 3.63) is 77.6 Å². The van der Waals surface area contributed by atoms with E-state index in [1.54, 1.807) is 12.1 Å². The van der Waals surface area contributed by atoms with Crippen LogP contribution in [0.3, 0.4) is 0 Å². The van der Waals surface area contributed by atoms with Gasteiger partial charge in [-0.15, -0.1) is 0 Å². The summed E-state index contributed by atoms with van der Waals surface area (Å²) in [4.78, 5) is 4.35. The van der Waals surface area contributed by atoms with Crippen LogP contribution >= 0.6 is 11.8 Å². The van der Waals surface area contributed by atoms with Crippen LogP contribution in [0.2, 0.25) is 0 Å². The van der Waals surface area contributed by atoms with Crippen LogP contribution in [0.15, 0.2) is 65.7 Å². The SMILES string of the molecule is NC1=NC(c2ccc(F)cc2)=C[C@@H](c2ccccc2)S1. The normalized spacial score (nSPS) is 18.4. The molecule has 0 saturated heterocycles. The van der Waals surface area contributed by atoms with E-state index in [9.17, 15) is 4.39 Å². The van der Waals surface area contributed by atoms with E-state index in [4.69, 9.17) is 5.73 Å². The van der Waals surface area contributed by atoms with E-state index in [1.807, 2.05) is 18.2 Å². The lowest BCUT2D eigenvalue weighted by atomic mass is 10.1. The molecule has 1 aliphatic rings. The van der Waals surface area contributed by atoms with Gasteiger partial charge in [0, 0.05) is 5.56 Å². The minimum absolute atomic E-state index is 0.133. The molecule has 0 saturated carbocycles. The molecule has 3 rings (SSSR count). The minimum Gasteiger partial charge on any atom is -0.378 e.